The zero-order valence-electron chi connectivity index (χ0n) is 14.4. The number of hydrogen-bond donors (Lipinski definition) is 2. The molecular formula is C20H24N2O2. The van der Waals surface area contributed by atoms with Crippen LogP contribution in [0.15, 0.2) is 48.7 Å². The first kappa shape index (κ1) is 16.4. The van der Waals surface area contributed by atoms with Crippen molar-refractivity contribution in [1.29, 1.82) is 0 Å². The molecule has 4 heteroatoms. The number of benzene rings is 2. The van der Waals surface area contributed by atoms with E-state index in [1.165, 1.54) is 16.5 Å². The van der Waals surface area contributed by atoms with Crippen molar-refractivity contribution in [2.24, 2.45) is 0 Å². The number of aromatic amines is 1. The number of nitrogens with one attached hydrogen (secondary N) is 2. The van der Waals surface area contributed by atoms with Crippen molar-refractivity contribution >= 4 is 10.9 Å². The SMILES string of the molecule is COc1ccccc1[C@H](C)NCCc1c[nH]c2cccc(OC)c12. The monoisotopic (exact) mass is 324 g/mol. The first-order chi connectivity index (χ1) is 11.7. The number of para-hydroxylation sites is 1. The Morgan fingerprint density at radius 1 is 1.00 bits per heavy atom. The Bertz CT molecular complexity index is 810. The number of hydrogen-bond acceptors (Lipinski definition) is 3. The molecule has 1 aromatic heterocycles. The molecule has 2 N–H and O–H groups in total. The van der Waals surface area contributed by atoms with E-state index < -0.39 is 0 Å². The lowest BCUT2D eigenvalue weighted by Gasteiger charge is -2.17. The van der Waals surface area contributed by atoms with Crippen molar-refractivity contribution in [2.45, 2.75) is 19.4 Å². The molecule has 4 nitrogen and oxygen atoms in total. The van der Waals surface area contributed by atoms with E-state index in [-0.39, 0.29) is 6.04 Å². The molecule has 0 unspecified atom stereocenters. The van der Waals surface area contributed by atoms with E-state index in [1.54, 1.807) is 14.2 Å². The predicted molar refractivity (Wildman–Crippen MR) is 98.0 cm³/mol. The van der Waals surface area contributed by atoms with Gasteiger partial charge in [0.1, 0.15) is 11.5 Å². The molecule has 0 spiro atoms. The molecule has 0 saturated heterocycles. The fourth-order valence-corrected chi connectivity index (χ4v) is 3.14. The second-order valence-corrected chi connectivity index (χ2v) is 5.86. The molecule has 0 aliphatic rings. The highest BCUT2D eigenvalue weighted by molar-refractivity contribution is 5.89. The van der Waals surface area contributed by atoms with Gasteiger partial charge < -0.3 is 19.8 Å². The quantitative estimate of drug-likeness (QED) is 0.688. The number of H-pyrrole nitrogens is 1. The molecule has 126 valence electrons. The summed E-state index contributed by atoms with van der Waals surface area (Å²) in [4.78, 5) is 3.32. The zero-order chi connectivity index (χ0) is 16.9. The van der Waals surface area contributed by atoms with Gasteiger partial charge in [0.25, 0.3) is 0 Å². The first-order valence-electron chi connectivity index (χ1n) is 8.24. The van der Waals surface area contributed by atoms with Crippen molar-refractivity contribution in [1.82, 2.24) is 10.3 Å². The third-order valence-corrected chi connectivity index (χ3v) is 4.42. The maximum absolute atomic E-state index is 5.50. The molecule has 0 aliphatic carbocycles. The van der Waals surface area contributed by atoms with E-state index in [9.17, 15) is 0 Å². The highest BCUT2D eigenvalue weighted by Gasteiger charge is 2.12. The molecule has 0 amide bonds. The van der Waals surface area contributed by atoms with E-state index in [0.29, 0.717) is 0 Å². The largest absolute Gasteiger partial charge is 0.496 e. The molecule has 24 heavy (non-hydrogen) atoms. The van der Waals surface area contributed by atoms with Crippen LogP contribution >= 0.6 is 0 Å². The summed E-state index contributed by atoms with van der Waals surface area (Å²) < 4.78 is 10.9. The normalized spacial score (nSPS) is 12.3. The minimum Gasteiger partial charge on any atom is -0.496 e. The van der Waals surface area contributed by atoms with Crippen LogP contribution in [0.5, 0.6) is 11.5 Å². The van der Waals surface area contributed by atoms with E-state index in [1.807, 2.05) is 30.3 Å². The van der Waals surface area contributed by atoms with Gasteiger partial charge in [-0.05, 0) is 43.7 Å². The Hall–Kier alpha value is -2.46. The zero-order valence-corrected chi connectivity index (χ0v) is 14.4. The van der Waals surface area contributed by atoms with E-state index in [2.05, 4.69) is 35.6 Å². The Kier molecular flexibility index (Phi) is 5.06. The standard InChI is InChI=1S/C20H24N2O2/c1-14(16-7-4-5-9-18(16)23-2)21-12-11-15-13-22-17-8-6-10-19(24-3)20(15)17/h4-10,13-14,21-22H,11-12H2,1-3H3/t14-/m0/s1. The number of aromatic nitrogens is 1. The lowest BCUT2D eigenvalue weighted by molar-refractivity contribution is 0.402. The average Bonchev–Trinajstić information content (AvgIpc) is 3.05. The Labute approximate surface area is 142 Å². The van der Waals surface area contributed by atoms with Crippen LogP contribution in [0, 0.1) is 0 Å². The summed E-state index contributed by atoms with van der Waals surface area (Å²) >= 11 is 0. The topological polar surface area (TPSA) is 46.3 Å². The summed E-state index contributed by atoms with van der Waals surface area (Å²) in [6.07, 6.45) is 3.00. The summed E-state index contributed by atoms with van der Waals surface area (Å²) in [6.45, 7) is 3.04. The first-order valence-corrected chi connectivity index (χ1v) is 8.24. The predicted octanol–water partition coefficient (Wildman–Crippen LogP) is 4.08. The fraction of sp³-hybridized carbons (Fsp3) is 0.300. The number of rotatable bonds is 7. The maximum atomic E-state index is 5.50. The van der Waals surface area contributed by atoms with E-state index in [0.717, 1.165) is 30.0 Å². The number of ether oxygens (including phenoxy) is 2. The molecule has 0 aliphatic heterocycles. The van der Waals surface area contributed by atoms with Crippen LogP contribution in [0.2, 0.25) is 0 Å². The van der Waals surface area contributed by atoms with Crippen LogP contribution < -0.4 is 14.8 Å². The highest BCUT2D eigenvalue weighted by atomic mass is 16.5. The van der Waals surface area contributed by atoms with Gasteiger partial charge in [0.2, 0.25) is 0 Å². The average molecular weight is 324 g/mol. The van der Waals surface area contributed by atoms with Gasteiger partial charge in [-0.3, -0.25) is 0 Å². The van der Waals surface area contributed by atoms with Gasteiger partial charge >= 0.3 is 0 Å². The molecule has 2 aromatic carbocycles. The van der Waals surface area contributed by atoms with Crippen LogP contribution in [0.4, 0.5) is 0 Å². The van der Waals surface area contributed by atoms with Gasteiger partial charge in [-0.25, -0.2) is 0 Å². The van der Waals surface area contributed by atoms with Gasteiger partial charge in [0.05, 0.1) is 14.2 Å². The third-order valence-electron chi connectivity index (χ3n) is 4.42. The Morgan fingerprint density at radius 2 is 1.75 bits per heavy atom. The van der Waals surface area contributed by atoms with Crippen molar-refractivity contribution in [3.8, 4) is 11.5 Å². The van der Waals surface area contributed by atoms with Crippen molar-refractivity contribution in [3.05, 3.63) is 59.8 Å². The summed E-state index contributed by atoms with van der Waals surface area (Å²) in [5, 5.41) is 4.75. The minimum absolute atomic E-state index is 0.230. The summed E-state index contributed by atoms with van der Waals surface area (Å²) in [7, 11) is 3.43. The van der Waals surface area contributed by atoms with Gasteiger partial charge in [0, 0.05) is 28.7 Å². The molecule has 0 radical (unpaired) electrons. The molecule has 0 fully saturated rings. The Morgan fingerprint density at radius 3 is 2.54 bits per heavy atom. The molecular weight excluding hydrogens is 300 g/mol. The molecule has 3 rings (SSSR count). The van der Waals surface area contributed by atoms with Crippen LogP contribution in [0.1, 0.15) is 24.1 Å². The molecule has 0 saturated carbocycles. The van der Waals surface area contributed by atoms with Gasteiger partial charge in [-0.15, -0.1) is 0 Å². The van der Waals surface area contributed by atoms with Gasteiger partial charge in [-0.2, -0.15) is 0 Å². The second kappa shape index (κ2) is 7.41. The number of fused-ring (bicyclic) bond motifs is 1. The third kappa shape index (κ3) is 3.24. The van der Waals surface area contributed by atoms with Crippen LogP contribution in [0.3, 0.4) is 0 Å². The lowest BCUT2D eigenvalue weighted by Crippen LogP contribution is -2.21. The fourth-order valence-electron chi connectivity index (χ4n) is 3.14. The van der Waals surface area contributed by atoms with Crippen LogP contribution in [0.25, 0.3) is 10.9 Å². The molecule has 3 aromatic rings. The maximum Gasteiger partial charge on any atom is 0.128 e. The van der Waals surface area contributed by atoms with Gasteiger partial charge in [0.15, 0.2) is 0 Å². The minimum atomic E-state index is 0.230. The Balaban J connectivity index is 1.68. The van der Waals surface area contributed by atoms with Crippen molar-refractivity contribution in [3.63, 3.8) is 0 Å². The van der Waals surface area contributed by atoms with Crippen molar-refractivity contribution in [2.75, 3.05) is 20.8 Å². The smallest absolute Gasteiger partial charge is 0.128 e. The lowest BCUT2D eigenvalue weighted by atomic mass is 10.1. The summed E-state index contributed by atoms with van der Waals surface area (Å²) in [6, 6.07) is 14.4. The van der Waals surface area contributed by atoms with Crippen molar-refractivity contribution < 1.29 is 9.47 Å². The summed E-state index contributed by atoms with van der Waals surface area (Å²) in [5.74, 6) is 1.84. The summed E-state index contributed by atoms with van der Waals surface area (Å²) in [5.41, 5.74) is 3.56. The van der Waals surface area contributed by atoms with Crippen LogP contribution in [-0.2, 0) is 6.42 Å². The van der Waals surface area contributed by atoms with E-state index in [4.69, 9.17) is 9.47 Å². The second-order valence-electron chi connectivity index (χ2n) is 5.86. The van der Waals surface area contributed by atoms with E-state index >= 15 is 0 Å². The molecule has 1 heterocycles. The highest BCUT2D eigenvalue weighted by Crippen LogP contribution is 2.29. The molecule has 1 atom stereocenters. The molecule has 0 bridgehead atoms. The van der Waals surface area contributed by atoms with Gasteiger partial charge in [-0.1, -0.05) is 24.3 Å². The number of methoxy groups -OCH3 is 2. The van der Waals surface area contributed by atoms with Crippen LogP contribution in [-0.4, -0.2) is 25.7 Å².